The van der Waals surface area contributed by atoms with Gasteiger partial charge in [0.25, 0.3) is 0 Å². The van der Waals surface area contributed by atoms with Crippen LogP contribution in [0.4, 0.5) is 5.82 Å². The number of hydrogen-bond acceptors (Lipinski definition) is 5. The normalized spacial score (nSPS) is 10.7. The standard InChI is InChI=1S/C22H20N4S/c1-15-3-8-18(9-4-15)20-14-27-22(24-20)19-10-6-17(7-11-19)13-23-21-12-5-16(2)25-26-21/h3-12,14H,13H2,1-2H3,(H,23,26). The van der Waals surface area contributed by atoms with Gasteiger partial charge in [0.2, 0.25) is 0 Å². The van der Waals surface area contributed by atoms with Gasteiger partial charge in [-0.1, -0.05) is 54.1 Å². The summed E-state index contributed by atoms with van der Waals surface area (Å²) in [7, 11) is 0. The van der Waals surface area contributed by atoms with Crippen LogP contribution >= 0.6 is 11.3 Å². The molecule has 134 valence electrons. The zero-order chi connectivity index (χ0) is 18.6. The van der Waals surface area contributed by atoms with E-state index < -0.39 is 0 Å². The van der Waals surface area contributed by atoms with E-state index in [2.05, 4.69) is 76.3 Å². The first-order valence-electron chi connectivity index (χ1n) is 8.83. The summed E-state index contributed by atoms with van der Waals surface area (Å²) >= 11 is 1.67. The number of aromatic nitrogens is 3. The molecule has 0 saturated heterocycles. The molecule has 0 bridgehead atoms. The van der Waals surface area contributed by atoms with E-state index in [1.165, 1.54) is 11.1 Å². The molecule has 0 aliphatic heterocycles. The van der Waals surface area contributed by atoms with Gasteiger partial charge in [-0.05, 0) is 31.5 Å². The van der Waals surface area contributed by atoms with Crippen molar-refractivity contribution in [2.24, 2.45) is 0 Å². The quantitative estimate of drug-likeness (QED) is 0.503. The summed E-state index contributed by atoms with van der Waals surface area (Å²) in [5.74, 6) is 0.785. The summed E-state index contributed by atoms with van der Waals surface area (Å²) in [6, 6.07) is 20.9. The van der Waals surface area contributed by atoms with Crippen molar-refractivity contribution in [3.8, 4) is 21.8 Å². The predicted molar refractivity (Wildman–Crippen MR) is 112 cm³/mol. The van der Waals surface area contributed by atoms with Gasteiger partial charge in [-0.25, -0.2) is 4.98 Å². The lowest BCUT2D eigenvalue weighted by atomic mass is 10.1. The van der Waals surface area contributed by atoms with Gasteiger partial charge in [-0.2, -0.15) is 5.10 Å². The lowest BCUT2D eigenvalue weighted by Crippen LogP contribution is -2.02. The first-order chi connectivity index (χ1) is 13.2. The van der Waals surface area contributed by atoms with Crippen LogP contribution < -0.4 is 5.32 Å². The van der Waals surface area contributed by atoms with Crippen LogP contribution in [0.5, 0.6) is 0 Å². The lowest BCUT2D eigenvalue weighted by molar-refractivity contribution is 0.963. The lowest BCUT2D eigenvalue weighted by Gasteiger charge is -2.06. The molecule has 0 amide bonds. The number of nitrogens with one attached hydrogen (secondary N) is 1. The van der Waals surface area contributed by atoms with Crippen molar-refractivity contribution in [1.82, 2.24) is 15.2 Å². The van der Waals surface area contributed by atoms with Crippen LogP contribution in [0.2, 0.25) is 0 Å². The topological polar surface area (TPSA) is 50.7 Å². The molecule has 4 nitrogen and oxygen atoms in total. The maximum absolute atomic E-state index is 4.80. The molecule has 1 N–H and O–H groups in total. The number of nitrogens with zero attached hydrogens (tertiary/aromatic N) is 3. The molecule has 2 aromatic heterocycles. The minimum absolute atomic E-state index is 0.713. The van der Waals surface area contributed by atoms with Crippen LogP contribution in [0.3, 0.4) is 0 Å². The third-order valence-corrected chi connectivity index (χ3v) is 5.22. The van der Waals surface area contributed by atoms with E-state index in [-0.39, 0.29) is 0 Å². The van der Waals surface area contributed by atoms with Crippen LogP contribution in [-0.4, -0.2) is 15.2 Å². The Bertz CT molecular complexity index is 1020. The average Bonchev–Trinajstić information content (AvgIpc) is 3.19. The number of hydrogen-bond donors (Lipinski definition) is 1. The van der Waals surface area contributed by atoms with E-state index in [4.69, 9.17) is 4.98 Å². The Labute approximate surface area is 163 Å². The summed E-state index contributed by atoms with van der Waals surface area (Å²) in [6.45, 7) is 4.74. The Morgan fingerprint density at radius 2 is 1.56 bits per heavy atom. The van der Waals surface area contributed by atoms with E-state index in [1.807, 2.05) is 19.1 Å². The number of rotatable bonds is 5. The molecule has 4 aromatic rings. The summed E-state index contributed by atoms with van der Waals surface area (Å²) in [5, 5.41) is 14.6. The molecule has 27 heavy (non-hydrogen) atoms. The van der Waals surface area contributed by atoms with Crippen molar-refractivity contribution in [3.05, 3.63) is 82.9 Å². The fourth-order valence-corrected chi connectivity index (χ4v) is 3.55. The zero-order valence-electron chi connectivity index (χ0n) is 15.3. The number of benzene rings is 2. The second kappa shape index (κ2) is 7.68. The summed E-state index contributed by atoms with van der Waals surface area (Å²) < 4.78 is 0. The predicted octanol–water partition coefficient (Wildman–Crippen LogP) is 5.50. The van der Waals surface area contributed by atoms with Crippen molar-refractivity contribution in [2.45, 2.75) is 20.4 Å². The first kappa shape index (κ1) is 17.4. The van der Waals surface area contributed by atoms with Gasteiger partial charge >= 0.3 is 0 Å². The van der Waals surface area contributed by atoms with Crippen molar-refractivity contribution < 1.29 is 0 Å². The molecule has 0 radical (unpaired) electrons. The van der Waals surface area contributed by atoms with Gasteiger partial charge in [0.15, 0.2) is 0 Å². The highest BCUT2D eigenvalue weighted by atomic mass is 32.1. The Hall–Kier alpha value is -3.05. The summed E-state index contributed by atoms with van der Waals surface area (Å²) in [5.41, 5.74) is 6.68. The molecule has 0 aliphatic carbocycles. The van der Waals surface area contributed by atoms with E-state index in [0.29, 0.717) is 6.54 Å². The van der Waals surface area contributed by atoms with Gasteiger partial charge in [0, 0.05) is 23.1 Å². The number of anilines is 1. The molecule has 0 saturated carbocycles. The largest absolute Gasteiger partial charge is 0.365 e. The summed E-state index contributed by atoms with van der Waals surface area (Å²) in [6.07, 6.45) is 0. The molecule has 0 spiro atoms. The molecular weight excluding hydrogens is 352 g/mol. The fraction of sp³-hybridized carbons (Fsp3) is 0.136. The Morgan fingerprint density at radius 3 is 2.26 bits per heavy atom. The van der Waals surface area contributed by atoms with Crippen LogP contribution in [-0.2, 0) is 6.54 Å². The third kappa shape index (κ3) is 4.20. The molecule has 2 aromatic carbocycles. The molecule has 0 unspecified atom stereocenters. The number of thiazole rings is 1. The maximum atomic E-state index is 4.80. The highest BCUT2D eigenvalue weighted by molar-refractivity contribution is 7.13. The van der Waals surface area contributed by atoms with Crippen LogP contribution in [0.1, 0.15) is 16.8 Å². The highest BCUT2D eigenvalue weighted by Crippen LogP contribution is 2.29. The SMILES string of the molecule is Cc1ccc(-c2csc(-c3ccc(CNc4ccc(C)nn4)cc3)n2)cc1. The first-order valence-corrected chi connectivity index (χ1v) is 9.71. The minimum Gasteiger partial charge on any atom is -0.365 e. The average molecular weight is 372 g/mol. The molecule has 0 aliphatic rings. The van der Waals surface area contributed by atoms with Crippen molar-refractivity contribution in [1.29, 1.82) is 0 Å². The van der Waals surface area contributed by atoms with Gasteiger partial charge in [-0.3, -0.25) is 0 Å². The van der Waals surface area contributed by atoms with Crippen LogP contribution in [0.25, 0.3) is 21.8 Å². The second-order valence-electron chi connectivity index (χ2n) is 6.51. The van der Waals surface area contributed by atoms with Crippen LogP contribution in [0, 0.1) is 13.8 Å². The van der Waals surface area contributed by atoms with Crippen LogP contribution in [0.15, 0.2) is 66.0 Å². The van der Waals surface area contributed by atoms with Gasteiger partial charge in [0.1, 0.15) is 10.8 Å². The van der Waals surface area contributed by atoms with E-state index in [0.717, 1.165) is 33.3 Å². The molecule has 0 fully saturated rings. The molecule has 0 atom stereocenters. The summed E-state index contributed by atoms with van der Waals surface area (Å²) in [4.78, 5) is 4.80. The van der Waals surface area contributed by atoms with Crippen molar-refractivity contribution in [3.63, 3.8) is 0 Å². The Morgan fingerprint density at radius 1 is 0.815 bits per heavy atom. The monoisotopic (exact) mass is 372 g/mol. The van der Waals surface area contributed by atoms with E-state index in [1.54, 1.807) is 11.3 Å². The zero-order valence-corrected chi connectivity index (χ0v) is 16.1. The highest BCUT2D eigenvalue weighted by Gasteiger charge is 2.07. The van der Waals surface area contributed by atoms with E-state index in [9.17, 15) is 0 Å². The fourth-order valence-electron chi connectivity index (χ4n) is 2.71. The Kier molecular flexibility index (Phi) is 4.94. The molecule has 4 rings (SSSR count). The second-order valence-corrected chi connectivity index (χ2v) is 7.37. The molecule has 2 heterocycles. The third-order valence-electron chi connectivity index (χ3n) is 4.32. The van der Waals surface area contributed by atoms with Gasteiger partial charge < -0.3 is 5.32 Å². The smallest absolute Gasteiger partial charge is 0.148 e. The number of aryl methyl sites for hydroxylation is 2. The van der Waals surface area contributed by atoms with Crippen molar-refractivity contribution >= 4 is 17.2 Å². The van der Waals surface area contributed by atoms with Gasteiger partial charge in [0.05, 0.1) is 11.4 Å². The minimum atomic E-state index is 0.713. The van der Waals surface area contributed by atoms with Crippen molar-refractivity contribution in [2.75, 3.05) is 5.32 Å². The molecular formula is C22H20N4S. The van der Waals surface area contributed by atoms with E-state index >= 15 is 0 Å². The Balaban J connectivity index is 1.44. The molecule has 5 heteroatoms. The van der Waals surface area contributed by atoms with Gasteiger partial charge in [-0.15, -0.1) is 16.4 Å². The maximum Gasteiger partial charge on any atom is 0.148 e.